The second-order valence-corrected chi connectivity index (χ2v) is 7.09. The number of fused-ring (bicyclic) bond motifs is 1. The van der Waals surface area contributed by atoms with Crippen LogP contribution in [0.3, 0.4) is 0 Å². The lowest BCUT2D eigenvalue weighted by atomic mass is 9.82. The Morgan fingerprint density at radius 3 is 2.21 bits per heavy atom. The molecule has 0 aromatic heterocycles. The van der Waals surface area contributed by atoms with Gasteiger partial charge in [0, 0.05) is 26.2 Å². The number of amides is 1. The number of benzene rings is 1. The van der Waals surface area contributed by atoms with Gasteiger partial charge < -0.3 is 10.2 Å². The van der Waals surface area contributed by atoms with Crippen molar-refractivity contribution in [2.45, 2.75) is 25.4 Å². The molecule has 0 bridgehead atoms. The van der Waals surface area contributed by atoms with Crippen molar-refractivity contribution < 1.29 is 18.0 Å². The van der Waals surface area contributed by atoms with E-state index < -0.39 is 17.2 Å². The number of likely N-dealkylation sites (tertiary alicyclic amines) is 1. The minimum Gasteiger partial charge on any atom is -0.341 e. The highest BCUT2D eigenvalue weighted by Gasteiger charge is 2.43. The van der Waals surface area contributed by atoms with E-state index in [1.807, 2.05) is 4.90 Å². The number of hydrogen-bond donors (Lipinski definition) is 1. The third-order valence-electron chi connectivity index (χ3n) is 5.12. The molecule has 7 heteroatoms. The number of nitrogens with one attached hydrogen (secondary N) is 1. The zero-order chi connectivity index (χ0) is 16.8. The molecule has 3 nitrogen and oxygen atoms in total. The molecule has 0 spiro atoms. The summed E-state index contributed by atoms with van der Waals surface area (Å²) < 4.78 is 38.7. The summed E-state index contributed by atoms with van der Waals surface area (Å²) in [5, 5.41) is 3.32. The summed E-state index contributed by atoms with van der Waals surface area (Å²) in [4.78, 5) is 14.7. The quantitative estimate of drug-likeness (QED) is 0.877. The minimum absolute atomic E-state index is 0. The van der Waals surface area contributed by atoms with Gasteiger partial charge in [-0.05, 0) is 37.3 Å². The molecule has 0 saturated carbocycles. The van der Waals surface area contributed by atoms with Gasteiger partial charge in [-0.15, -0.1) is 12.4 Å². The van der Waals surface area contributed by atoms with Crippen molar-refractivity contribution in [3.63, 3.8) is 0 Å². The Hall–Kier alpha value is -1.27. The van der Waals surface area contributed by atoms with Crippen LogP contribution in [0.15, 0.2) is 24.3 Å². The summed E-state index contributed by atoms with van der Waals surface area (Å²) in [6, 6.07) is 5.10. The molecule has 1 aromatic carbocycles. The summed E-state index contributed by atoms with van der Waals surface area (Å²) in [5.74, 6) is 0.846. The molecule has 2 atom stereocenters. The highest BCUT2D eigenvalue weighted by atomic mass is 35.5. The summed E-state index contributed by atoms with van der Waals surface area (Å²) in [5.41, 5.74) is -1.27. The number of rotatable bonds is 2. The van der Waals surface area contributed by atoms with Gasteiger partial charge in [0.1, 0.15) is 0 Å². The molecule has 1 aromatic rings. The second-order valence-electron chi connectivity index (χ2n) is 7.09. The lowest BCUT2D eigenvalue weighted by Crippen LogP contribution is -2.43. The molecule has 1 N–H and O–H groups in total. The molecule has 2 aliphatic rings. The van der Waals surface area contributed by atoms with E-state index in [0.717, 1.165) is 25.2 Å². The first kappa shape index (κ1) is 19.1. The molecular formula is C17H22ClF3N2O. The topological polar surface area (TPSA) is 32.3 Å². The van der Waals surface area contributed by atoms with Crippen molar-refractivity contribution in [3.8, 4) is 0 Å². The monoisotopic (exact) mass is 362 g/mol. The summed E-state index contributed by atoms with van der Waals surface area (Å²) in [6.45, 7) is 6.63. The molecule has 3 rings (SSSR count). The maximum absolute atomic E-state index is 12.9. The van der Waals surface area contributed by atoms with Crippen molar-refractivity contribution in [2.24, 2.45) is 11.8 Å². The molecule has 0 unspecified atom stereocenters. The first-order valence-corrected chi connectivity index (χ1v) is 7.87. The number of hydrogen-bond acceptors (Lipinski definition) is 2. The van der Waals surface area contributed by atoms with E-state index in [1.165, 1.54) is 6.07 Å². The SMILES string of the molecule is CC(C)(C(=O)N1C[C@H]2CNC[C@H]2C1)c1cccc(C(F)(F)F)c1.Cl. The van der Waals surface area contributed by atoms with Gasteiger partial charge in [0.05, 0.1) is 11.0 Å². The normalized spacial score (nSPS) is 23.8. The Morgan fingerprint density at radius 1 is 1.12 bits per heavy atom. The van der Waals surface area contributed by atoms with E-state index in [4.69, 9.17) is 0 Å². The largest absolute Gasteiger partial charge is 0.416 e. The maximum atomic E-state index is 12.9. The van der Waals surface area contributed by atoms with Gasteiger partial charge >= 0.3 is 6.18 Å². The van der Waals surface area contributed by atoms with Gasteiger partial charge in [-0.3, -0.25) is 4.79 Å². The Labute approximate surface area is 146 Å². The van der Waals surface area contributed by atoms with Crippen molar-refractivity contribution in [1.29, 1.82) is 0 Å². The zero-order valence-corrected chi connectivity index (χ0v) is 14.5. The number of alkyl halides is 3. The molecule has 2 fully saturated rings. The van der Waals surface area contributed by atoms with E-state index in [0.29, 0.717) is 30.5 Å². The highest BCUT2D eigenvalue weighted by molar-refractivity contribution is 5.87. The smallest absolute Gasteiger partial charge is 0.341 e. The summed E-state index contributed by atoms with van der Waals surface area (Å²) in [7, 11) is 0. The number of carbonyl (C=O) groups excluding carboxylic acids is 1. The summed E-state index contributed by atoms with van der Waals surface area (Å²) in [6.07, 6.45) is -4.40. The fourth-order valence-corrected chi connectivity index (χ4v) is 3.62. The third-order valence-corrected chi connectivity index (χ3v) is 5.12. The molecule has 2 heterocycles. The second kappa shape index (κ2) is 6.56. The molecule has 24 heavy (non-hydrogen) atoms. The minimum atomic E-state index is -4.40. The van der Waals surface area contributed by atoms with E-state index in [9.17, 15) is 18.0 Å². The van der Waals surface area contributed by atoms with Crippen LogP contribution in [0.5, 0.6) is 0 Å². The van der Waals surface area contributed by atoms with E-state index in [-0.39, 0.29) is 18.3 Å². The van der Waals surface area contributed by atoms with Crippen LogP contribution < -0.4 is 5.32 Å². The first-order chi connectivity index (χ1) is 10.7. The zero-order valence-electron chi connectivity index (χ0n) is 13.7. The molecular weight excluding hydrogens is 341 g/mol. The lowest BCUT2D eigenvalue weighted by Gasteiger charge is -2.30. The van der Waals surface area contributed by atoms with E-state index in [2.05, 4.69) is 5.32 Å². The molecule has 134 valence electrons. The Morgan fingerprint density at radius 2 is 1.67 bits per heavy atom. The number of carbonyl (C=O) groups is 1. The molecule has 0 aliphatic carbocycles. The van der Waals surface area contributed by atoms with E-state index >= 15 is 0 Å². The van der Waals surface area contributed by atoms with Gasteiger partial charge in [0.25, 0.3) is 0 Å². The van der Waals surface area contributed by atoms with Gasteiger partial charge in [-0.2, -0.15) is 13.2 Å². The van der Waals surface area contributed by atoms with Crippen molar-refractivity contribution >= 4 is 18.3 Å². The number of nitrogens with zero attached hydrogens (tertiary/aromatic N) is 1. The van der Waals surface area contributed by atoms with Crippen LogP contribution in [0.4, 0.5) is 13.2 Å². The predicted molar refractivity (Wildman–Crippen MR) is 88.1 cm³/mol. The van der Waals surface area contributed by atoms with Crippen molar-refractivity contribution in [2.75, 3.05) is 26.2 Å². The van der Waals surface area contributed by atoms with Crippen LogP contribution >= 0.6 is 12.4 Å². The highest BCUT2D eigenvalue weighted by Crippen LogP contribution is 2.35. The molecule has 2 aliphatic heterocycles. The molecule has 2 saturated heterocycles. The van der Waals surface area contributed by atoms with Gasteiger partial charge in [0.2, 0.25) is 5.91 Å². The number of halogens is 4. The Kier molecular flexibility index (Phi) is 5.21. The maximum Gasteiger partial charge on any atom is 0.416 e. The Balaban J connectivity index is 0.00000208. The summed E-state index contributed by atoms with van der Waals surface area (Å²) >= 11 is 0. The van der Waals surface area contributed by atoms with Gasteiger partial charge in [0.15, 0.2) is 0 Å². The average Bonchev–Trinajstić information content (AvgIpc) is 3.06. The standard InChI is InChI=1S/C17H21F3N2O.ClH/c1-16(2,13-4-3-5-14(6-13)17(18,19)20)15(23)22-9-11-7-21-8-12(11)10-22;/h3-6,11-12,21H,7-10H2,1-2H3;1H/t11-,12+;. The molecule has 0 radical (unpaired) electrons. The average molecular weight is 363 g/mol. The fourth-order valence-electron chi connectivity index (χ4n) is 3.62. The van der Waals surface area contributed by atoms with Gasteiger partial charge in [-0.1, -0.05) is 18.2 Å². The lowest BCUT2D eigenvalue weighted by molar-refractivity contribution is -0.138. The van der Waals surface area contributed by atoms with Crippen molar-refractivity contribution in [1.82, 2.24) is 10.2 Å². The van der Waals surface area contributed by atoms with Crippen LogP contribution in [0.1, 0.15) is 25.0 Å². The van der Waals surface area contributed by atoms with Crippen molar-refractivity contribution in [3.05, 3.63) is 35.4 Å². The van der Waals surface area contributed by atoms with Gasteiger partial charge in [-0.25, -0.2) is 0 Å². The molecule has 1 amide bonds. The van der Waals surface area contributed by atoms with Crippen LogP contribution in [-0.2, 0) is 16.4 Å². The van der Waals surface area contributed by atoms with Crippen LogP contribution in [-0.4, -0.2) is 37.0 Å². The first-order valence-electron chi connectivity index (χ1n) is 7.87. The van der Waals surface area contributed by atoms with Crippen LogP contribution in [0.2, 0.25) is 0 Å². The van der Waals surface area contributed by atoms with E-state index in [1.54, 1.807) is 19.9 Å². The van der Waals surface area contributed by atoms with Crippen LogP contribution in [0, 0.1) is 11.8 Å². The Bertz CT molecular complexity index is 606. The fraction of sp³-hybridized carbons (Fsp3) is 0.588. The predicted octanol–water partition coefficient (Wildman–Crippen LogP) is 3.08. The van der Waals surface area contributed by atoms with Crippen LogP contribution in [0.25, 0.3) is 0 Å². The third kappa shape index (κ3) is 3.40.